The Morgan fingerprint density at radius 2 is 1.90 bits per heavy atom. The molecule has 0 spiro atoms. The fraction of sp³-hybridized carbons (Fsp3) is 0.529. The van der Waals surface area contributed by atoms with Crippen molar-refractivity contribution in [1.29, 1.82) is 0 Å². The Kier molecular flexibility index (Phi) is 4.06. The Morgan fingerprint density at radius 1 is 1.19 bits per heavy atom. The summed E-state index contributed by atoms with van der Waals surface area (Å²) in [6.07, 6.45) is 2.55. The molecule has 1 aromatic carbocycles. The highest BCUT2D eigenvalue weighted by Gasteiger charge is 2.30. The van der Waals surface area contributed by atoms with E-state index in [1.165, 1.54) is 24.0 Å². The van der Waals surface area contributed by atoms with Crippen LogP contribution < -0.4 is 0 Å². The molecule has 4 heteroatoms. The molecule has 2 aromatic rings. The number of benzene rings is 1. The van der Waals surface area contributed by atoms with Crippen molar-refractivity contribution in [2.45, 2.75) is 58.7 Å². The zero-order chi connectivity index (χ0) is 14.8. The van der Waals surface area contributed by atoms with E-state index in [4.69, 9.17) is 4.52 Å². The molecule has 21 heavy (non-hydrogen) atoms. The van der Waals surface area contributed by atoms with Gasteiger partial charge >= 0.3 is 0 Å². The molecule has 1 aliphatic carbocycles. The largest absolute Gasteiger partial charge is 0.338 e. The molecular formula is C17H23N3O. The van der Waals surface area contributed by atoms with E-state index in [9.17, 15) is 0 Å². The highest BCUT2D eigenvalue weighted by atomic mass is 16.5. The van der Waals surface area contributed by atoms with Gasteiger partial charge in [-0.05, 0) is 36.8 Å². The lowest BCUT2D eigenvalue weighted by molar-refractivity contribution is 0.209. The van der Waals surface area contributed by atoms with Crippen LogP contribution in [0.4, 0.5) is 0 Å². The molecule has 1 aromatic heterocycles. The van der Waals surface area contributed by atoms with Crippen molar-refractivity contribution in [3.05, 3.63) is 47.1 Å². The number of hydrogen-bond acceptors (Lipinski definition) is 4. The van der Waals surface area contributed by atoms with E-state index < -0.39 is 0 Å². The molecule has 1 saturated carbocycles. The fourth-order valence-electron chi connectivity index (χ4n) is 2.57. The summed E-state index contributed by atoms with van der Waals surface area (Å²) in [7, 11) is 0. The molecule has 1 aliphatic rings. The van der Waals surface area contributed by atoms with E-state index in [1.807, 2.05) is 6.92 Å². The number of rotatable bonds is 6. The van der Waals surface area contributed by atoms with Crippen LogP contribution in [0.15, 0.2) is 28.8 Å². The second-order valence-corrected chi connectivity index (χ2v) is 6.27. The average Bonchev–Trinajstić information content (AvgIpc) is 3.23. The minimum Gasteiger partial charge on any atom is -0.338 e. The predicted octanol–water partition coefficient (Wildman–Crippen LogP) is 3.67. The molecule has 1 heterocycles. The monoisotopic (exact) mass is 285 g/mol. The molecule has 4 nitrogen and oxygen atoms in total. The van der Waals surface area contributed by atoms with Crippen LogP contribution in [0, 0.1) is 6.92 Å². The van der Waals surface area contributed by atoms with Crippen molar-refractivity contribution >= 4 is 0 Å². The van der Waals surface area contributed by atoms with E-state index in [1.54, 1.807) is 0 Å². The van der Waals surface area contributed by atoms with Gasteiger partial charge in [0.2, 0.25) is 5.89 Å². The first-order valence-electron chi connectivity index (χ1n) is 7.74. The maximum Gasteiger partial charge on any atom is 0.240 e. The predicted molar refractivity (Wildman–Crippen MR) is 81.8 cm³/mol. The van der Waals surface area contributed by atoms with Gasteiger partial charge in [-0.15, -0.1) is 0 Å². The summed E-state index contributed by atoms with van der Waals surface area (Å²) < 4.78 is 5.26. The zero-order valence-corrected chi connectivity index (χ0v) is 13.0. The SMILES string of the molecule is Cc1noc(CN(Cc2ccc(C(C)C)cc2)C2CC2)n1. The lowest BCUT2D eigenvalue weighted by atomic mass is 10.0. The summed E-state index contributed by atoms with van der Waals surface area (Å²) in [6.45, 7) is 8.01. The van der Waals surface area contributed by atoms with Gasteiger partial charge in [-0.25, -0.2) is 0 Å². The highest BCUT2D eigenvalue weighted by molar-refractivity contribution is 5.24. The van der Waals surface area contributed by atoms with Crippen molar-refractivity contribution in [3.8, 4) is 0 Å². The van der Waals surface area contributed by atoms with Crippen LogP contribution >= 0.6 is 0 Å². The standard InChI is InChI=1S/C17H23N3O/c1-12(2)15-6-4-14(5-7-15)10-20(16-8-9-16)11-17-18-13(3)19-21-17/h4-7,12,16H,8-11H2,1-3H3. The van der Waals surface area contributed by atoms with Crippen LogP contribution in [0.1, 0.15) is 55.4 Å². The van der Waals surface area contributed by atoms with Crippen LogP contribution in [-0.2, 0) is 13.1 Å². The molecular weight excluding hydrogens is 262 g/mol. The summed E-state index contributed by atoms with van der Waals surface area (Å²) in [5.74, 6) is 2.01. The van der Waals surface area contributed by atoms with E-state index in [2.05, 4.69) is 53.2 Å². The van der Waals surface area contributed by atoms with E-state index >= 15 is 0 Å². The third-order valence-corrected chi connectivity index (χ3v) is 4.00. The molecule has 0 atom stereocenters. The van der Waals surface area contributed by atoms with E-state index in [0.29, 0.717) is 17.8 Å². The maximum atomic E-state index is 5.26. The van der Waals surface area contributed by atoms with Crippen LogP contribution in [0.2, 0.25) is 0 Å². The Balaban J connectivity index is 1.67. The van der Waals surface area contributed by atoms with Crippen molar-refractivity contribution in [2.24, 2.45) is 0 Å². The average molecular weight is 285 g/mol. The van der Waals surface area contributed by atoms with Gasteiger partial charge in [-0.3, -0.25) is 4.90 Å². The molecule has 112 valence electrons. The molecule has 0 amide bonds. The van der Waals surface area contributed by atoms with Gasteiger partial charge in [-0.2, -0.15) is 4.98 Å². The van der Waals surface area contributed by atoms with Gasteiger partial charge in [0.05, 0.1) is 6.54 Å². The van der Waals surface area contributed by atoms with Gasteiger partial charge < -0.3 is 4.52 Å². The first-order chi connectivity index (χ1) is 10.1. The summed E-state index contributed by atoms with van der Waals surface area (Å²) >= 11 is 0. The minimum absolute atomic E-state index is 0.583. The summed E-state index contributed by atoms with van der Waals surface area (Å²) in [5, 5.41) is 3.87. The zero-order valence-electron chi connectivity index (χ0n) is 13.0. The molecule has 0 radical (unpaired) electrons. The van der Waals surface area contributed by atoms with Crippen LogP contribution in [0.25, 0.3) is 0 Å². The van der Waals surface area contributed by atoms with Crippen molar-refractivity contribution in [3.63, 3.8) is 0 Å². The third kappa shape index (κ3) is 3.70. The minimum atomic E-state index is 0.583. The third-order valence-electron chi connectivity index (χ3n) is 4.00. The lowest BCUT2D eigenvalue weighted by Gasteiger charge is -2.20. The van der Waals surface area contributed by atoms with Gasteiger partial charge in [0.1, 0.15) is 0 Å². The second-order valence-electron chi connectivity index (χ2n) is 6.27. The Bertz CT molecular complexity index is 584. The molecule has 0 bridgehead atoms. The van der Waals surface area contributed by atoms with Gasteiger partial charge in [0.25, 0.3) is 0 Å². The number of hydrogen-bond donors (Lipinski definition) is 0. The smallest absolute Gasteiger partial charge is 0.240 e. The van der Waals surface area contributed by atoms with Gasteiger partial charge in [0.15, 0.2) is 5.82 Å². The second kappa shape index (κ2) is 5.98. The molecule has 0 N–H and O–H groups in total. The molecule has 3 rings (SSSR count). The summed E-state index contributed by atoms with van der Waals surface area (Å²) in [5.41, 5.74) is 2.74. The van der Waals surface area contributed by atoms with E-state index in [0.717, 1.165) is 19.0 Å². The summed E-state index contributed by atoms with van der Waals surface area (Å²) in [4.78, 5) is 6.76. The topological polar surface area (TPSA) is 42.2 Å². The number of aromatic nitrogens is 2. The van der Waals surface area contributed by atoms with Crippen molar-refractivity contribution in [1.82, 2.24) is 15.0 Å². The van der Waals surface area contributed by atoms with Gasteiger partial charge in [-0.1, -0.05) is 43.3 Å². The van der Waals surface area contributed by atoms with Gasteiger partial charge in [0, 0.05) is 12.6 Å². The molecule has 0 saturated heterocycles. The maximum absolute atomic E-state index is 5.26. The lowest BCUT2D eigenvalue weighted by Crippen LogP contribution is -2.25. The summed E-state index contributed by atoms with van der Waals surface area (Å²) in [6, 6.07) is 9.62. The normalized spacial score (nSPS) is 15.1. The fourth-order valence-corrected chi connectivity index (χ4v) is 2.57. The van der Waals surface area contributed by atoms with Crippen LogP contribution in [0.5, 0.6) is 0 Å². The number of nitrogens with zero attached hydrogens (tertiary/aromatic N) is 3. The molecule has 0 unspecified atom stereocenters. The van der Waals surface area contributed by atoms with Crippen LogP contribution in [-0.4, -0.2) is 21.1 Å². The quantitative estimate of drug-likeness (QED) is 0.812. The Hall–Kier alpha value is -1.68. The first-order valence-corrected chi connectivity index (χ1v) is 7.74. The molecule has 1 fully saturated rings. The van der Waals surface area contributed by atoms with Crippen molar-refractivity contribution < 1.29 is 4.52 Å². The highest BCUT2D eigenvalue weighted by Crippen LogP contribution is 2.29. The Labute approximate surface area is 126 Å². The Morgan fingerprint density at radius 3 is 2.43 bits per heavy atom. The first kappa shape index (κ1) is 14.3. The van der Waals surface area contributed by atoms with E-state index in [-0.39, 0.29) is 0 Å². The van der Waals surface area contributed by atoms with Crippen molar-refractivity contribution in [2.75, 3.05) is 0 Å². The molecule has 0 aliphatic heterocycles. The van der Waals surface area contributed by atoms with Crippen LogP contribution in [0.3, 0.4) is 0 Å². The number of aryl methyl sites for hydroxylation is 1.